The molecule has 0 saturated carbocycles. The molecule has 1 saturated heterocycles. The molecule has 3 heterocycles. The van der Waals surface area contributed by atoms with E-state index in [0.29, 0.717) is 11.4 Å². The Balaban J connectivity index is 1.40. The first-order valence-electron chi connectivity index (χ1n) is 9.37. The van der Waals surface area contributed by atoms with Crippen LogP contribution in [-0.2, 0) is 4.74 Å². The Morgan fingerprint density at radius 2 is 1.71 bits per heavy atom. The summed E-state index contributed by atoms with van der Waals surface area (Å²) in [5.41, 5.74) is 4.18. The molecule has 0 radical (unpaired) electrons. The number of para-hydroxylation sites is 2. The number of imidazole rings is 1. The number of aromatic amines is 1. The summed E-state index contributed by atoms with van der Waals surface area (Å²) in [5, 5.41) is 19.2. The lowest BCUT2D eigenvalue weighted by atomic mass is 10.2. The van der Waals surface area contributed by atoms with E-state index in [9.17, 15) is 5.11 Å². The number of morpholine rings is 1. The molecular weight excluding hydrogens is 354 g/mol. The fourth-order valence-electron chi connectivity index (χ4n) is 3.78. The zero-order valence-corrected chi connectivity index (χ0v) is 15.4. The lowest BCUT2D eigenvalue weighted by Crippen LogP contribution is -2.36. The second-order valence-corrected chi connectivity index (χ2v) is 6.97. The summed E-state index contributed by atoms with van der Waals surface area (Å²) in [5.74, 6) is 0.924. The van der Waals surface area contributed by atoms with Crippen molar-refractivity contribution in [2.45, 2.75) is 0 Å². The average molecular weight is 375 g/mol. The highest BCUT2D eigenvalue weighted by atomic mass is 16.5. The SMILES string of the molecule is N=C1C(c2nc3ccccc3[nH]2)=C(O)CN1c1ccc(N2CCOCC2)cc1. The van der Waals surface area contributed by atoms with Gasteiger partial charge in [-0.3, -0.25) is 5.41 Å². The van der Waals surface area contributed by atoms with Crippen LogP contribution < -0.4 is 9.80 Å². The van der Waals surface area contributed by atoms with Crippen molar-refractivity contribution >= 4 is 33.8 Å². The molecule has 0 atom stereocenters. The van der Waals surface area contributed by atoms with E-state index in [1.165, 1.54) is 0 Å². The summed E-state index contributed by atoms with van der Waals surface area (Å²) in [4.78, 5) is 11.8. The number of fused-ring (bicyclic) bond motifs is 1. The number of nitrogens with one attached hydrogen (secondary N) is 2. The highest BCUT2D eigenvalue weighted by Crippen LogP contribution is 2.31. The maximum Gasteiger partial charge on any atom is 0.145 e. The van der Waals surface area contributed by atoms with Crippen LogP contribution in [0.25, 0.3) is 16.6 Å². The molecule has 7 heteroatoms. The lowest BCUT2D eigenvalue weighted by Gasteiger charge is -2.29. The van der Waals surface area contributed by atoms with Gasteiger partial charge in [0.15, 0.2) is 0 Å². The van der Waals surface area contributed by atoms with Gasteiger partial charge in [-0.25, -0.2) is 4.98 Å². The number of nitrogens with zero attached hydrogens (tertiary/aromatic N) is 3. The van der Waals surface area contributed by atoms with Crippen LogP contribution in [0, 0.1) is 5.41 Å². The van der Waals surface area contributed by atoms with Gasteiger partial charge in [-0.05, 0) is 36.4 Å². The standard InChI is InChI=1S/C21H21N5O2/c22-20-19(21-23-16-3-1-2-4-17(16)24-21)18(27)13-26(20)15-7-5-14(6-8-15)25-9-11-28-12-10-25/h1-8,22,27H,9-13H2,(H,23,24). The molecule has 3 aromatic rings. The molecule has 142 valence electrons. The van der Waals surface area contributed by atoms with Gasteiger partial charge in [-0.1, -0.05) is 12.1 Å². The Labute approximate surface area is 162 Å². The van der Waals surface area contributed by atoms with Gasteiger partial charge in [0.1, 0.15) is 17.4 Å². The van der Waals surface area contributed by atoms with E-state index in [-0.39, 0.29) is 18.1 Å². The Morgan fingerprint density at radius 1 is 1.00 bits per heavy atom. The zero-order valence-electron chi connectivity index (χ0n) is 15.4. The van der Waals surface area contributed by atoms with Crippen LogP contribution in [-0.4, -0.2) is 53.8 Å². The summed E-state index contributed by atoms with van der Waals surface area (Å²) < 4.78 is 5.41. The van der Waals surface area contributed by atoms with Crippen LogP contribution in [0.2, 0.25) is 0 Å². The lowest BCUT2D eigenvalue weighted by molar-refractivity contribution is 0.122. The molecule has 1 aromatic heterocycles. The number of benzene rings is 2. The van der Waals surface area contributed by atoms with Crippen molar-refractivity contribution in [2.75, 3.05) is 42.6 Å². The van der Waals surface area contributed by atoms with Crippen molar-refractivity contribution in [3.05, 3.63) is 60.1 Å². The summed E-state index contributed by atoms with van der Waals surface area (Å²) in [7, 11) is 0. The number of H-pyrrole nitrogens is 1. The van der Waals surface area contributed by atoms with E-state index in [2.05, 4.69) is 27.0 Å². The predicted molar refractivity (Wildman–Crippen MR) is 110 cm³/mol. The number of aliphatic hydroxyl groups excluding tert-OH is 1. The molecule has 3 N–H and O–H groups in total. The first-order chi connectivity index (χ1) is 13.7. The number of hydrogen-bond acceptors (Lipinski definition) is 5. The number of ether oxygens (including phenoxy) is 1. The number of hydrogen-bond donors (Lipinski definition) is 3. The molecule has 0 unspecified atom stereocenters. The van der Waals surface area contributed by atoms with Gasteiger partial charge in [0, 0.05) is 24.5 Å². The van der Waals surface area contributed by atoms with Crippen molar-refractivity contribution in [2.24, 2.45) is 0 Å². The first kappa shape index (κ1) is 16.8. The number of rotatable bonds is 3. The summed E-state index contributed by atoms with van der Waals surface area (Å²) in [6.45, 7) is 3.53. The number of aromatic nitrogens is 2. The Hall–Kier alpha value is -3.32. The monoisotopic (exact) mass is 375 g/mol. The van der Waals surface area contributed by atoms with E-state index in [0.717, 1.165) is 48.7 Å². The van der Waals surface area contributed by atoms with Crippen molar-refractivity contribution < 1.29 is 9.84 Å². The van der Waals surface area contributed by atoms with Gasteiger partial charge in [0.05, 0.1) is 36.4 Å². The van der Waals surface area contributed by atoms with E-state index in [4.69, 9.17) is 10.1 Å². The van der Waals surface area contributed by atoms with E-state index in [1.54, 1.807) is 4.90 Å². The molecule has 0 spiro atoms. The number of aliphatic hydroxyl groups is 1. The average Bonchev–Trinajstić information content (AvgIpc) is 3.28. The molecule has 28 heavy (non-hydrogen) atoms. The minimum Gasteiger partial charge on any atom is -0.509 e. The van der Waals surface area contributed by atoms with Crippen molar-refractivity contribution in [3.63, 3.8) is 0 Å². The Kier molecular flexibility index (Phi) is 4.02. The summed E-state index contributed by atoms with van der Waals surface area (Å²) in [6, 6.07) is 15.8. The Bertz CT molecular complexity index is 1030. The van der Waals surface area contributed by atoms with Gasteiger partial charge in [0.2, 0.25) is 0 Å². The highest BCUT2D eigenvalue weighted by molar-refractivity contribution is 6.30. The maximum atomic E-state index is 10.5. The quantitative estimate of drug-likeness (QED) is 0.654. The van der Waals surface area contributed by atoms with Crippen LogP contribution in [0.4, 0.5) is 11.4 Å². The molecule has 2 aromatic carbocycles. The largest absolute Gasteiger partial charge is 0.509 e. The highest BCUT2D eigenvalue weighted by Gasteiger charge is 2.31. The molecule has 0 bridgehead atoms. The second kappa shape index (κ2) is 6.69. The maximum absolute atomic E-state index is 10.5. The molecular formula is C21H21N5O2. The minimum absolute atomic E-state index is 0.154. The van der Waals surface area contributed by atoms with Gasteiger partial charge >= 0.3 is 0 Å². The fraction of sp³-hybridized carbons (Fsp3) is 0.238. The number of amidine groups is 1. The van der Waals surface area contributed by atoms with Gasteiger partial charge in [-0.15, -0.1) is 0 Å². The molecule has 5 rings (SSSR count). The third-order valence-corrected chi connectivity index (χ3v) is 5.27. The van der Waals surface area contributed by atoms with Crippen LogP contribution in [0.5, 0.6) is 0 Å². The normalized spacial score (nSPS) is 17.8. The first-order valence-corrected chi connectivity index (χ1v) is 9.37. The van der Waals surface area contributed by atoms with Crippen LogP contribution >= 0.6 is 0 Å². The number of anilines is 2. The molecule has 2 aliphatic heterocycles. The fourth-order valence-corrected chi connectivity index (χ4v) is 3.78. The topological polar surface area (TPSA) is 88.5 Å². The molecule has 7 nitrogen and oxygen atoms in total. The van der Waals surface area contributed by atoms with Crippen molar-refractivity contribution in [1.29, 1.82) is 5.41 Å². The summed E-state index contributed by atoms with van der Waals surface area (Å²) in [6.07, 6.45) is 0. The smallest absolute Gasteiger partial charge is 0.145 e. The van der Waals surface area contributed by atoms with E-state index >= 15 is 0 Å². The van der Waals surface area contributed by atoms with Gasteiger partial charge < -0.3 is 24.6 Å². The molecule has 0 aliphatic carbocycles. The third-order valence-electron chi connectivity index (χ3n) is 5.27. The zero-order chi connectivity index (χ0) is 19.1. The van der Waals surface area contributed by atoms with Crippen molar-refractivity contribution in [1.82, 2.24) is 9.97 Å². The molecule has 2 aliphatic rings. The van der Waals surface area contributed by atoms with Crippen LogP contribution in [0.3, 0.4) is 0 Å². The third kappa shape index (κ3) is 2.80. The summed E-state index contributed by atoms with van der Waals surface area (Å²) >= 11 is 0. The molecule has 0 amide bonds. The van der Waals surface area contributed by atoms with Gasteiger partial charge in [0.25, 0.3) is 0 Å². The second-order valence-electron chi connectivity index (χ2n) is 6.97. The Morgan fingerprint density at radius 3 is 2.46 bits per heavy atom. The van der Waals surface area contributed by atoms with Gasteiger partial charge in [-0.2, -0.15) is 0 Å². The van der Waals surface area contributed by atoms with Crippen LogP contribution in [0.15, 0.2) is 54.3 Å². The van der Waals surface area contributed by atoms with E-state index < -0.39 is 0 Å². The predicted octanol–water partition coefficient (Wildman–Crippen LogP) is 3.17. The van der Waals surface area contributed by atoms with Crippen molar-refractivity contribution in [3.8, 4) is 0 Å². The minimum atomic E-state index is 0.154. The molecule has 1 fully saturated rings. The van der Waals surface area contributed by atoms with Crippen LogP contribution in [0.1, 0.15) is 5.82 Å². The van der Waals surface area contributed by atoms with E-state index in [1.807, 2.05) is 36.4 Å².